The summed E-state index contributed by atoms with van der Waals surface area (Å²) in [7, 11) is 0. The van der Waals surface area contributed by atoms with Crippen LogP contribution < -0.4 is 9.64 Å². The summed E-state index contributed by atoms with van der Waals surface area (Å²) in [4.78, 5) is 18.1. The van der Waals surface area contributed by atoms with E-state index >= 15 is 0 Å². The van der Waals surface area contributed by atoms with Crippen LogP contribution in [0.15, 0.2) is 28.8 Å². The molecule has 2 aromatic rings. The number of hydrogen-bond donors (Lipinski definition) is 1. The predicted octanol–water partition coefficient (Wildman–Crippen LogP) is 2.42. The van der Waals surface area contributed by atoms with E-state index < -0.39 is 0 Å². The first-order valence-corrected chi connectivity index (χ1v) is 8.30. The molecule has 1 amide bonds. The minimum atomic E-state index is -0.370. The van der Waals surface area contributed by atoms with Crippen molar-refractivity contribution in [3.63, 3.8) is 0 Å². The first-order valence-electron chi connectivity index (χ1n) is 8.30. The van der Waals surface area contributed by atoms with Gasteiger partial charge in [-0.2, -0.15) is 0 Å². The van der Waals surface area contributed by atoms with Crippen molar-refractivity contribution in [2.45, 2.75) is 44.2 Å². The molecule has 4 rings (SSSR count). The summed E-state index contributed by atoms with van der Waals surface area (Å²) in [6, 6.07) is 6.05. The van der Waals surface area contributed by atoms with Crippen molar-refractivity contribution in [2.24, 2.45) is 0 Å². The predicted molar refractivity (Wildman–Crippen MR) is 85.7 cm³/mol. The normalized spacial score (nSPS) is 22.0. The number of oxazole rings is 1. The number of aliphatic hydroxyl groups is 1. The van der Waals surface area contributed by atoms with Crippen molar-refractivity contribution in [3.05, 3.63) is 41.8 Å². The third-order valence-electron chi connectivity index (χ3n) is 4.82. The van der Waals surface area contributed by atoms with Gasteiger partial charge in [0, 0.05) is 57.3 Å². The van der Waals surface area contributed by atoms with Gasteiger partial charge < -0.3 is 24.1 Å². The van der Waals surface area contributed by atoms with E-state index in [9.17, 15) is 9.90 Å². The quantitative estimate of drug-likeness (QED) is 0.758. The molecule has 1 unspecified atom stereocenters. The van der Waals surface area contributed by atoms with Crippen molar-refractivity contribution in [1.29, 1.82) is 0 Å². The molecule has 2 aliphatic rings. The summed E-state index contributed by atoms with van der Waals surface area (Å²) in [6.45, 7) is 0.437. The zero-order valence-corrected chi connectivity index (χ0v) is 16.7. The van der Waals surface area contributed by atoms with E-state index in [0.29, 0.717) is 19.4 Å². The first-order chi connectivity index (χ1) is 11.7. The summed E-state index contributed by atoms with van der Waals surface area (Å²) in [5, 5.41) is 9.93. The van der Waals surface area contributed by atoms with E-state index in [1.807, 2.05) is 23.1 Å². The molecule has 1 saturated heterocycles. The summed E-state index contributed by atoms with van der Waals surface area (Å²) >= 11 is 0. The van der Waals surface area contributed by atoms with E-state index in [2.05, 4.69) is 11.2 Å². The number of rotatable bonds is 5. The third-order valence-corrected chi connectivity index (χ3v) is 4.82. The topological polar surface area (TPSA) is 75.8 Å². The third kappa shape index (κ3) is 3.81. The smallest absolute Gasteiger partial charge is 0.227 e. The number of amides is 1. The van der Waals surface area contributed by atoms with Crippen LogP contribution in [-0.4, -0.2) is 28.6 Å². The van der Waals surface area contributed by atoms with Gasteiger partial charge in [-0.05, 0) is 48.7 Å². The molecule has 0 saturated carbocycles. The van der Waals surface area contributed by atoms with Gasteiger partial charge in [0.15, 0.2) is 0 Å². The molecule has 1 aliphatic carbocycles. The van der Waals surface area contributed by atoms with Crippen LogP contribution in [0.25, 0.3) is 0 Å². The largest absolute Gasteiger partial charge is 0.602 e. The van der Waals surface area contributed by atoms with Crippen molar-refractivity contribution in [3.8, 4) is 6.08 Å². The van der Waals surface area contributed by atoms with Crippen molar-refractivity contribution in [1.82, 2.24) is 4.98 Å². The van der Waals surface area contributed by atoms with Crippen LogP contribution in [0.5, 0.6) is 6.08 Å². The molecule has 25 heavy (non-hydrogen) atoms. The van der Waals surface area contributed by atoms with Gasteiger partial charge in [-0.3, -0.25) is 4.79 Å². The summed E-state index contributed by atoms with van der Waals surface area (Å²) in [5.41, 5.74) is 3.05. The Balaban J connectivity index is 0.00000182. The molecule has 1 aromatic heterocycles. The summed E-state index contributed by atoms with van der Waals surface area (Å²) in [5.74, 6) is 0.142. The van der Waals surface area contributed by atoms with Crippen molar-refractivity contribution in [2.75, 3.05) is 11.5 Å². The maximum absolute atomic E-state index is 12.3. The molecule has 129 valence electrons. The molecule has 1 radical (unpaired) electrons. The van der Waals surface area contributed by atoms with E-state index in [1.165, 1.54) is 6.20 Å². The van der Waals surface area contributed by atoms with Crippen molar-refractivity contribution >= 4 is 11.6 Å². The van der Waals surface area contributed by atoms with Gasteiger partial charge >= 0.3 is 0 Å². The van der Waals surface area contributed by atoms with Crippen LogP contribution in [0.3, 0.4) is 0 Å². The second kappa shape index (κ2) is 7.98. The number of nitrogens with zero attached hydrogens (tertiary/aromatic N) is 2. The van der Waals surface area contributed by atoms with E-state index in [4.69, 9.17) is 9.15 Å². The Bertz CT molecular complexity index is 735. The molecule has 1 aromatic carbocycles. The van der Waals surface area contributed by atoms with Crippen LogP contribution in [0.4, 0.5) is 5.69 Å². The average molecular weight is 416 g/mol. The SMILES string of the molecule is O=C1CC[C@@H](CCOc2nc[c-]o2)N1c1ccc2c(c1)CCC2O.[Y]. The number of hydrogen-bond acceptors (Lipinski definition) is 5. The number of carbonyl (C=O) groups is 1. The number of fused-ring (bicyclic) bond motifs is 1. The van der Waals surface area contributed by atoms with E-state index in [-0.39, 0.29) is 56.8 Å². The maximum Gasteiger partial charge on any atom is 0.227 e. The van der Waals surface area contributed by atoms with E-state index in [0.717, 1.165) is 36.1 Å². The Morgan fingerprint density at radius 1 is 1.36 bits per heavy atom. The van der Waals surface area contributed by atoms with Gasteiger partial charge in [-0.15, -0.1) is 0 Å². The second-order valence-electron chi connectivity index (χ2n) is 6.27. The van der Waals surface area contributed by atoms with E-state index in [1.54, 1.807) is 0 Å². The number of benzene rings is 1. The number of anilines is 1. The first kappa shape index (κ1) is 18.6. The van der Waals surface area contributed by atoms with Crippen LogP contribution in [0, 0.1) is 6.26 Å². The molecule has 2 heterocycles. The number of aliphatic hydroxyl groups excluding tert-OH is 1. The molecule has 1 fully saturated rings. The second-order valence-corrected chi connectivity index (χ2v) is 6.27. The Morgan fingerprint density at radius 3 is 3.04 bits per heavy atom. The number of aryl methyl sites for hydroxylation is 1. The fourth-order valence-corrected chi connectivity index (χ4v) is 3.63. The summed E-state index contributed by atoms with van der Waals surface area (Å²) in [6.07, 6.45) is 7.44. The molecule has 0 spiro atoms. The van der Waals surface area contributed by atoms with Gasteiger partial charge in [0.2, 0.25) is 12.0 Å². The van der Waals surface area contributed by atoms with Crippen LogP contribution in [0.2, 0.25) is 0 Å². The molecule has 1 aliphatic heterocycles. The number of aromatic nitrogens is 1. The zero-order chi connectivity index (χ0) is 16.5. The van der Waals surface area contributed by atoms with Gasteiger partial charge in [0.1, 0.15) is 0 Å². The molecule has 0 bridgehead atoms. The molecular weight excluding hydrogens is 397 g/mol. The fraction of sp³-hybridized carbons (Fsp3) is 0.444. The van der Waals surface area contributed by atoms with Crippen LogP contribution in [-0.2, 0) is 43.9 Å². The minimum absolute atomic E-state index is 0. The molecule has 2 atom stereocenters. The Morgan fingerprint density at radius 2 is 2.24 bits per heavy atom. The van der Waals surface area contributed by atoms with Gasteiger partial charge in [-0.1, -0.05) is 12.3 Å². The zero-order valence-electron chi connectivity index (χ0n) is 13.9. The Labute approximate surface area is 171 Å². The average Bonchev–Trinajstić information content (AvgIpc) is 3.30. The maximum atomic E-state index is 12.3. The summed E-state index contributed by atoms with van der Waals surface area (Å²) < 4.78 is 10.4. The molecule has 7 heteroatoms. The number of ether oxygens (including phenoxy) is 1. The fourth-order valence-electron chi connectivity index (χ4n) is 3.63. The van der Waals surface area contributed by atoms with Crippen LogP contribution >= 0.6 is 0 Å². The van der Waals surface area contributed by atoms with Gasteiger partial charge in [0.05, 0.1) is 12.7 Å². The monoisotopic (exact) mass is 416 g/mol. The molecular formula is C18H19N2O4Y-. The molecule has 1 N–H and O–H groups in total. The Hall–Kier alpha value is -1.24. The Kier molecular flexibility index (Phi) is 5.92. The van der Waals surface area contributed by atoms with Crippen molar-refractivity contribution < 1.29 is 51.8 Å². The van der Waals surface area contributed by atoms with Crippen LogP contribution in [0.1, 0.15) is 42.9 Å². The minimum Gasteiger partial charge on any atom is -0.602 e. The van der Waals surface area contributed by atoms with Gasteiger partial charge in [-0.25, -0.2) is 0 Å². The molecule has 6 nitrogen and oxygen atoms in total. The number of carbonyl (C=O) groups excluding carboxylic acids is 1. The van der Waals surface area contributed by atoms with Gasteiger partial charge in [0.25, 0.3) is 0 Å². The standard InChI is InChI=1S/C18H19N2O4.Y/c21-16-5-1-12-11-14(2-4-15(12)16)20-13(3-6-17(20)22)7-9-23-18-19-8-10-24-18;/h2,4,8,11,13,16,21H,1,3,5-7,9H2;/q-1;/t13-,16?;/m0./s1.